The highest BCUT2D eigenvalue weighted by atomic mass is 15.1. The zero-order valence-electron chi connectivity index (χ0n) is 31.7. The maximum absolute atomic E-state index is 2.47. The molecule has 1 nitrogen and oxygen atoms in total. The Morgan fingerprint density at radius 2 is 0.839 bits per heavy atom. The fourth-order valence-electron chi connectivity index (χ4n) is 8.91. The third-order valence-corrected chi connectivity index (χ3v) is 11.7. The molecule has 1 heteroatoms. The van der Waals surface area contributed by atoms with Crippen LogP contribution in [0.15, 0.2) is 212 Å². The summed E-state index contributed by atoms with van der Waals surface area (Å²) < 4.78 is 0. The molecule has 9 aromatic carbocycles. The summed E-state index contributed by atoms with van der Waals surface area (Å²) in [5.41, 5.74) is 18.3. The van der Waals surface area contributed by atoms with E-state index >= 15 is 0 Å². The zero-order valence-corrected chi connectivity index (χ0v) is 31.7. The molecule has 9 aromatic rings. The minimum Gasteiger partial charge on any atom is -0.310 e. The van der Waals surface area contributed by atoms with Gasteiger partial charge in [0.05, 0.1) is 5.69 Å². The summed E-state index contributed by atoms with van der Waals surface area (Å²) in [7, 11) is 0. The Hall–Kier alpha value is -6.96. The van der Waals surface area contributed by atoms with Gasteiger partial charge in [0.25, 0.3) is 0 Å². The van der Waals surface area contributed by atoms with Gasteiger partial charge >= 0.3 is 0 Å². The van der Waals surface area contributed by atoms with E-state index in [1.165, 1.54) is 83.2 Å². The smallest absolute Gasteiger partial charge is 0.0543 e. The molecule has 0 spiro atoms. The van der Waals surface area contributed by atoms with Crippen LogP contribution >= 0.6 is 0 Å². The van der Waals surface area contributed by atoms with Crippen LogP contribution in [0.2, 0.25) is 0 Å². The van der Waals surface area contributed by atoms with Crippen molar-refractivity contribution < 1.29 is 0 Å². The van der Waals surface area contributed by atoms with E-state index in [0.29, 0.717) is 0 Å². The number of anilines is 3. The molecule has 0 fully saturated rings. The summed E-state index contributed by atoms with van der Waals surface area (Å²) in [6.07, 6.45) is 0. The van der Waals surface area contributed by atoms with Crippen molar-refractivity contribution in [2.24, 2.45) is 0 Å². The van der Waals surface area contributed by atoms with Gasteiger partial charge in [0.1, 0.15) is 0 Å². The molecule has 0 atom stereocenters. The van der Waals surface area contributed by atoms with Gasteiger partial charge in [-0.15, -0.1) is 0 Å². The van der Waals surface area contributed by atoms with Crippen LogP contribution < -0.4 is 4.90 Å². The Bertz CT molecular complexity index is 2880. The minimum absolute atomic E-state index is 0.113. The zero-order chi connectivity index (χ0) is 37.6. The van der Waals surface area contributed by atoms with Crippen LogP contribution in [-0.4, -0.2) is 0 Å². The Morgan fingerprint density at radius 3 is 1.62 bits per heavy atom. The molecule has 0 aromatic heterocycles. The maximum Gasteiger partial charge on any atom is 0.0543 e. The molecule has 0 saturated carbocycles. The van der Waals surface area contributed by atoms with Gasteiger partial charge < -0.3 is 4.90 Å². The highest BCUT2D eigenvalue weighted by Crippen LogP contribution is 2.54. The Balaban J connectivity index is 1.13. The SMILES string of the molecule is CC1(C)c2ccccc2-c2c(N(c3cccc(-c4ccc(-c5cccc6ccccc56)cc4)c3)c3cccc(-c4ccccc4-c4ccccc4)c3)cccc21. The van der Waals surface area contributed by atoms with E-state index in [1.807, 2.05) is 0 Å². The van der Waals surface area contributed by atoms with E-state index in [4.69, 9.17) is 0 Å². The number of hydrogen-bond acceptors (Lipinski definition) is 1. The molecule has 0 unspecified atom stereocenters. The summed E-state index contributed by atoms with van der Waals surface area (Å²) in [6, 6.07) is 77.6. The Kier molecular flexibility index (Phi) is 8.23. The van der Waals surface area contributed by atoms with Crippen molar-refractivity contribution in [3.05, 3.63) is 223 Å². The largest absolute Gasteiger partial charge is 0.310 e. The Morgan fingerprint density at radius 1 is 0.339 bits per heavy atom. The molecule has 0 heterocycles. The van der Waals surface area contributed by atoms with E-state index in [9.17, 15) is 0 Å². The van der Waals surface area contributed by atoms with Crippen LogP contribution in [0.1, 0.15) is 25.0 Å². The van der Waals surface area contributed by atoms with Gasteiger partial charge in [0, 0.05) is 22.4 Å². The summed E-state index contributed by atoms with van der Waals surface area (Å²) in [6.45, 7) is 4.71. The van der Waals surface area contributed by atoms with Gasteiger partial charge in [-0.25, -0.2) is 0 Å². The van der Waals surface area contributed by atoms with E-state index in [-0.39, 0.29) is 5.41 Å². The Labute approximate surface area is 329 Å². The summed E-state index contributed by atoms with van der Waals surface area (Å²) in [5, 5.41) is 2.53. The first kappa shape index (κ1) is 33.6. The summed E-state index contributed by atoms with van der Waals surface area (Å²) in [5.74, 6) is 0. The molecule has 0 N–H and O–H groups in total. The van der Waals surface area contributed by atoms with E-state index in [1.54, 1.807) is 0 Å². The quantitative estimate of drug-likeness (QED) is 0.159. The van der Waals surface area contributed by atoms with E-state index < -0.39 is 0 Å². The topological polar surface area (TPSA) is 3.24 Å². The highest BCUT2D eigenvalue weighted by molar-refractivity contribution is 5.98. The molecule has 1 aliphatic carbocycles. The summed E-state index contributed by atoms with van der Waals surface area (Å²) >= 11 is 0. The number of hydrogen-bond donors (Lipinski definition) is 0. The van der Waals surface area contributed by atoms with Crippen LogP contribution in [0.3, 0.4) is 0 Å². The predicted molar refractivity (Wildman–Crippen MR) is 238 cm³/mol. The number of benzene rings is 9. The monoisotopic (exact) mass is 715 g/mol. The maximum atomic E-state index is 2.47. The van der Waals surface area contributed by atoms with Gasteiger partial charge in [-0.1, -0.05) is 196 Å². The molecule has 56 heavy (non-hydrogen) atoms. The molecule has 0 radical (unpaired) electrons. The molecule has 0 saturated heterocycles. The van der Waals surface area contributed by atoms with E-state index in [2.05, 4.69) is 231 Å². The lowest BCUT2D eigenvalue weighted by atomic mass is 9.82. The van der Waals surface area contributed by atoms with Gasteiger partial charge in [-0.3, -0.25) is 0 Å². The number of nitrogens with zero attached hydrogens (tertiary/aromatic N) is 1. The van der Waals surface area contributed by atoms with Crippen molar-refractivity contribution in [2.75, 3.05) is 4.90 Å². The average molecular weight is 716 g/mol. The van der Waals surface area contributed by atoms with Crippen molar-refractivity contribution in [3.63, 3.8) is 0 Å². The summed E-state index contributed by atoms with van der Waals surface area (Å²) in [4.78, 5) is 2.47. The lowest BCUT2D eigenvalue weighted by molar-refractivity contribution is 0.660. The van der Waals surface area contributed by atoms with Crippen LogP contribution in [0.4, 0.5) is 17.1 Å². The lowest BCUT2D eigenvalue weighted by Gasteiger charge is -2.29. The van der Waals surface area contributed by atoms with Crippen molar-refractivity contribution in [2.45, 2.75) is 19.3 Å². The van der Waals surface area contributed by atoms with Gasteiger partial charge in [-0.05, 0) is 102 Å². The number of fused-ring (bicyclic) bond motifs is 4. The molecule has 0 amide bonds. The van der Waals surface area contributed by atoms with Crippen LogP contribution in [0, 0.1) is 0 Å². The molecule has 0 bridgehead atoms. The normalized spacial score (nSPS) is 12.6. The van der Waals surface area contributed by atoms with Gasteiger partial charge in [0.15, 0.2) is 0 Å². The molecule has 10 rings (SSSR count). The third kappa shape index (κ3) is 5.72. The average Bonchev–Trinajstić information content (AvgIpc) is 3.50. The first-order valence-electron chi connectivity index (χ1n) is 19.5. The van der Waals surface area contributed by atoms with Crippen molar-refractivity contribution in [1.82, 2.24) is 0 Å². The molecule has 0 aliphatic heterocycles. The van der Waals surface area contributed by atoms with Gasteiger partial charge in [0.2, 0.25) is 0 Å². The molecular weight excluding hydrogens is 675 g/mol. The fraction of sp³-hybridized carbons (Fsp3) is 0.0545. The highest BCUT2D eigenvalue weighted by Gasteiger charge is 2.37. The third-order valence-electron chi connectivity index (χ3n) is 11.7. The molecular formula is C55H41N. The van der Waals surface area contributed by atoms with Crippen molar-refractivity contribution >= 4 is 27.8 Å². The number of rotatable bonds is 7. The second-order valence-electron chi connectivity index (χ2n) is 15.3. The predicted octanol–water partition coefficient (Wildman–Crippen LogP) is 15.3. The second kappa shape index (κ2) is 13.7. The van der Waals surface area contributed by atoms with Crippen LogP contribution in [0.5, 0.6) is 0 Å². The molecule has 266 valence electrons. The first-order chi connectivity index (χ1) is 27.5. The lowest BCUT2D eigenvalue weighted by Crippen LogP contribution is -2.16. The van der Waals surface area contributed by atoms with Crippen molar-refractivity contribution in [1.29, 1.82) is 0 Å². The minimum atomic E-state index is -0.113. The fourth-order valence-corrected chi connectivity index (χ4v) is 8.91. The van der Waals surface area contributed by atoms with E-state index in [0.717, 1.165) is 11.4 Å². The second-order valence-corrected chi connectivity index (χ2v) is 15.3. The van der Waals surface area contributed by atoms with Crippen molar-refractivity contribution in [3.8, 4) is 55.6 Å². The standard InChI is InChI=1S/C55H41N/c1-55(2)51-29-11-10-27-50(51)54-52(55)30-15-31-53(54)56(45-23-13-21-43(37-45)49-26-9-8-25-47(49)39-16-4-3-5-17-39)44-22-12-20-42(36-44)38-32-34-41(35-33-38)48-28-14-19-40-18-6-7-24-46(40)48/h3-37H,1-2H3. The van der Waals surface area contributed by atoms with Gasteiger partial charge in [-0.2, -0.15) is 0 Å². The van der Waals surface area contributed by atoms with Crippen LogP contribution in [-0.2, 0) is 5.41 Å². The molecule has 1 aliphatic rings. The first-order valence-corrected chi connectivity index (χ1v) is 19.5. The van der Waals surface area contributed by atoms with Crippen LogP contribution in [0.25, 0.3) is 66.4 Å².